The van der Waals surface area contributed by atoms with Crippen molar-refractivity contribution in [1.29, 1.82) is 0 Å². The number of nitrogens with zero attached hydrogens (tertiary/aromatic N) is 3. The first-order chi connectivity index (χ1) is 11.7. The number of hydrogen-bond donors (Lipinski definition) is 2. The number of halogens is 1. The van der Waals surface area contributed by atoms with Gasteiger partial charge < -0.3 is 15.2 Å². The molecule has 128 valence electrons. The van der Waals surface area contributed by atoms with Gasteiger partial charge in [0.15, 0.2) is 5.82 Å². The number of benzene rings is 1. The van der Waals surface area contributed by atoms with Gasteiger partial charge in [0, 0.05) is 23.7 Å². The lowest BCUT2D eigenvalue weighted by Gasteiger charge is -2.18. The van der Waals surface area contributed by atoms with Crippen LogP contribution in [0.25, 0.3) is 0 Å². The van der Waals surface area contributed by atoms with Crippen LogP contribution in [0.15, 0.2) is 24.3 Å². The van der Waals surface area contributed by atoms with Crippen LogP contribution in [0.2, 0.25) is 5.02 Å². The van der Waals surface area contributed by atoms with Crippen LogP contribution in [-0.2, 0) is 13.0 Å². The normalized spacial score (nSPS) is 15.2. The SMILES string of the molecule is CC[C@H](NC(=O)Nc1cccc(Cl)c1)c1nnc2n1CCCCC2. The molecule has 0 saturated carbocycles. The van der Waals surface area contributed by atoms with Crippen molar-refractivity contribution in [1.82, 2.24) is 20.1 Å². The number of fused-ring (bicyclic) bond motifs is 1. The van der Waals surface area contributed by atoms with Crippen molar-refractivity contribution in [3.05, 3.63) is 40.9 Å². The van der Waals surface area contributed by atoms with Gasteiger partial charge in [0.05, 0.1) is 6.04 Å². The summed E-state index contributed by atoms with van der Waals surface area (Å²) in [6.07, 6.45) is 5.20. The number of urea groups is 1. The van der Waals surface area contributed by atoms with Gasteiger partial charge in [0.25, 0.3) is 0 Å². The summed E-state index contributed by atoms with van der Waals surface area (Å²) in [6, 6.07) is 6.65. The van der Waals surface area contributed by atoms with Crippen LogP contribution < -0.4 is 10.6 Å². The van der Waals surface area contributed by atoms with E-state index in [1.807, 2.05) is 6.92 Å². The Labute approximate surface area is 146 Å². The first-order valence-corrected chi connectivity index (χ1v) is 8.80. The van der Waals surface area contributed by atoms with E-state index < -0.39 is 0 Å². The van der Waals surface area contributed by atoms with Gasteiger partial charge in [0.1, 0.15) is 5.82 Å². The maximum atomic E-state index is 12.3. The summed E-state index contributed by atoms with van der Waals surface area (Å²) in [4.78, 5) is 12.3. The molecule has 1 aliphatic heterocycles. The highest BCUT2D eigenvalue weighted by Gasteiger charge is 2.22. The topological polar surface area (TPSA) is 71.8 Å². The van der Waals surface area contributed by atoms with Gasteiger partial charge in [-0.2, -0.15) is 0 Å². The van der Waals surface area contributed by atoms with E-state index in [-0.39, 0.29) is 12.1 Å². The Morgan fingerprint density at radius 3 is 3.00 bits per heavy atom. The Bertz CT molecular complexity index is 715. The van der Waals surface area contributed by atoms with Gasteiger partial charge in [-0.25, -0.2) is 4.79 Å². The number of amides is 2. The van der Waals surface area contributed by atoms with Crippen LogP contribution in [-0.4, -0.2) is 20.8 Å². The number of anilines is 1. The fraction of sp³-hybridized carbons (Fsp3) is 0.471. The summed E-state index contributed by atoms with van der Waals surface area (Å²) >= 11 is 5.94. The number of nitrogens with one attached hydrogen (secondary N) is 2. The first-order valence-electron chi connectivity index (χ1n) is 8.42. The van der Waals surface area contributed by atoms with Gasteiger partial charge in [-0.3, -0.25) is 0 Å². The predicted octanol–water partition coefficient (Wildman–Crippen LogP) is 3.93. The van der Waals surface area contributed by atoms with Crippen LogP contribution >= 0.6 is 11.6 Å². The van der Waals surface area contributed by atoms with Crippen LogP contribution in [0.3, 0.4) is 0 Å². The molecule has 1 atom stereocenters. The molecule has 0 fully saturated rings. The minimum absolute atomic E-state index is 0.163. The van der Waals surface area contributed by atoms with Crippen LogP contribution in [0.1, 0.15) is 50.3 Å². The summed E-state index contributed by atoms with van der Waals surface area (Å²) in [5.41, 5.74) is 0.662. The van der Waals surface area contributed by atoms with Crippen LogP contribution in [0.5, 0.6) is 0 Å². The van der Waals surface area contributed by atoms with Crippen molar-refractivity contribution >= 4 is 23.3 Å². The Kier molecular flexibility index (Phi) is 5.35. The van der Waals surface area contributed by atoms with E-state index in [1.54, 1.807) is 24.3 Å². The Balaban J connectivity index is 1.70. The Morgan fingerprint density at radius 1 is 1.33 bits per heavy atom. The number of hydrogen-bond acceptors (Lipinski definition) is 3. The molecular weight excluding hydrogens is 326 g/mol. The Morgan fingerprint density at radius 2 is 2.21 bits per heavy atom. The standard InChI is InChI=1S/C17H22ClN5O/c1-2-14(16-22-21-15-9-4-3-5-10-23(15)16)20-17(24)19-13-8-6-7-12(18)11-13/h6-8,11,14H,2-5,9-10H2,1H3,(H2,19,20,24)/t14-/m0/s1. The quantitative estimate of drug-likeness (QED) is 0.880. The van der Waals surface area contributed by atoms with Crippen molar-refractivity contribution in [2.75, 3.05) is 5.32 Å². The zero-order chi connectivity index (χ0) is 16.9. The number of carbonyl (C=O) groups excluding carboxylic acids is 1. The second kappa shape index (κ2) is 7.66. The second-order valence-electron chi connectivity index (χ2n) is 6.01. The van der Waals surface area contributed by atoms with Crippen molar-refractivity contribution in [3.63, 3.8) is 0 Å². The van der Waals surface area contributed by atoms with Crippen molar-refractivity contribution < 1.29 is 4.79 Å². The number of rotatable bonds is 4. The number of aromatic nitrogens is 3. The summed E-state index contributed by atoms with van der Waals surface area (Å²) < 4.78 is 2.17. The van der Waals surface area contributed by atoms with E-state index in [9.17, 15) is 4.79 Å². The van der Waals surface area contributed by atoms with E-state index in [2.05, 4.69) is 25.4 Å². The zero-order valence-electron chi connectivity index (χ0n) is 13.8. The van der Waals surface area contributed by atoms with E-state index >= 15 is 0 Å². The molecule has 3 rings (SSSR count). The molecule has 1 aromatic carbocycles. The summed E-state index contributed by atoms with van der Waals surface area (Å²) in [5, 5.41) is 15.0. The summed E-state index contributed by atoms with van der Waals surface area (Å²) in [6.45, 7) is 2.95. The fourth-order valence-corrected chi connectivity index (χ4v) is 3.20. The predicted molar refractivity (Wildman–Crippen MR) is 94.2 cm³/mol. The highest BCUT2D eigenvalue weighted by atomic mass is 35.5. The van der Waals surface area contributed by atoms with Gasteiger partial charge in [-0.15, -0.1) is 10.2 Å². The van der Waals surface area contributed by atoms with Gasteiger partial charge in [-0.1, -0.05) is 31.0 Å². The zero-order valence-corrected chi connectivity index (χ0v) is 14.5. The van der Waals surface area contributed by atoms with Gasteiger partial charge >= 0.3 is 6.03 Å². The van der Waals surface area contributed by atoms with E-state index in [4.69, 9.17) is 11.6 Å². The molecule has 2 aromatic rings. The lowest BCUT2D eigenvalue weighted by Crippen LogP contribution is -2.34. The average molecular weight is 348 g/mol. The molecular formula is C17H22ClN5O. The monoisotopic (exact) mass is 347 g/mol. The molecule has 7 heteroatoms. The fourth-order valence-electron chi connectivity index (χ4n) is 3.01. The molecule has 0 spiro atoms. The van der Waals surface area contributed by atoms with Crippen LogP contribution in [0.4, 0.5) is 10.5 Å². The summed E-state index contributed by atoms with van der Waals surface area (Å²) in [5.74, 6) is 1.87. The molecule has 2 N–H and O–H groups in total. The highest BCUT2D eigenvalue weighted by Crippen LogP contribution is 2.21. The molecule has 0 saturated heterocycles. The van der Waals surface area contributed by atoms with Gasteiger partial charge in [-0.05, 0) is 37.5 Å². The molecule has 0 bridgehead atoms. The molecule has 6 nitrogen and oxygen atoms in total. The molecule has 2 amide bonds. The van der Waals surface area contributed by atoms with Crippen molar-refractivity contribution in [2.24, 2.45) is 0 Å². The minimum Gasteiger partial charge on any atom is -0.328 e. The third-order valence-corrected chi connectivity index (χ3v) is 4.48. The van der Waals surface area contributed by atoms with Gasteiger partial charge in [0.2, 0.25) is 0 Å². The molecule has 1 aromatic heterocycles. The van der Waals surface area contributed by atoms with E-state index in [1.165, 1.54) is 6.42 Å². The maximum absolute atomic E-state index is 12.3. The molecule has 2 heterocycles. The third kappa shape index (κ3) is 3.87. The average Bonchev–Trinajstić information content (AvgIpc) is 2.81. The summed E-state index contributed by atoms with van der Waals surface area (Å²) in [7, 11) is 0. The van der Waals surface area contributed by atoms with E-state index in [0.29, 0.717) is 10.7 Å². The molecule has 24 heavy (non-hydrogen) atoms. The maximum Gasteiger partial charge on any atom is 0.319 e. The second-order valence-corrected chi connectivity index (χ2v) is 6.44. The van der Waals surface area contributed by atoms with E-state index in [0.717, 1.165) is 43.9 Å². The lowest BCUT2D eigenvalue weighted by atomic mass is 10.2. The number of aryl methyl sites for hydroxylation is 1. The van der Waals surface area contributed by atoms with Crippen molar-refractivity contribution in [3.8, 4) is 0 Å². The number of carbonyl (C=O) groups is 1. The molecule has 0 radical (unpaired) electrons. The molecule has 1 aliphatic rings. The smallest absolute Gasteiger partial charge is 0.319 e. The Hall–Kier alpha value is -2.08. The third-order valence-electron chi connectivity index (χ3n) is 4.25. The largest absolute Gasteiger partial charge is 0.328 e. The van der Waals surface area contributed by atoms with Crippen molar-refractivity contribution in [2.45, 2.75) is 51.6 Å². The first kappa shape index (κ1) is 16.8. The minimum atomic E-state index is -0.268. The molecule has 0 unspecified atom stereocenters. The lowest BCUT2D eigenvalue weighted by molar-refractivity contribution is 0.247. The van der Waals surface area contributed by atoms with Crippen LogP contribution in [0, 0.1) is 0 Å². The molecule has 0 aliphatic carbocycles. The highest BCUT2D eigenvalue weighted by molar-refractivity contribution is 6.30.